The molecule has 0 unspecified atom stereocenters. The molecule has 3 rings (SSSR count). The van der Waals surface area contributed by atoms with Crippen LogP contribution in [0, 0.1) is 12.3 Å². The first-order chi connectivity index (χ1) is 10.4. The molecule has 2 heterocycles. The number of nitrogens with zero attached hydrogens (tertiary/aromatic N) is 2. The summed E-state index contributed by atoms with van der Waals surface area (Å²) in [4.78, 5) is 5.36. The van der Waals surface area contributed by atoms with Gasteiger partial charge < -0.3 is 0 Å². The molecule has 2 aliphatic rings. The second-order valence-electron chi connectivity index (χ2n) is 6.33. The van der Waals surface area contributed by atoms with Crippen LogP contribution in [0.25, 0.3) is 0 Å². The van der Waals surface area contributed by atoms with Crippen LogP contribution in [-0.4, -0.2) is 36.0 Å². The van der Waals surface area contributed by atoms with E-state index in [0.717, 1.165) is 5.56 Å². The Kier molecular flexibility index (Phi) is 4.95. The summed E-state index contributed by atoms with van der Waals surface area (Å²) in [5.41, 5.74) is 2.40. The van der Waals surface area contributed by atoms with Crippen molar-refractivity contribution >= 4 is 0 Å². The third kappa shape index (κ3) is 3.48. The van der Waals surface area contributed by atoms with Crippen molar-refractivity contribution in [3.05, 3.63) is 35.4 Å². The summed E-state index contributed by atoms with van der Waals surface area (Å²) in [6, 6.07) is 8.67. The Balaban J connectivity index is 1.84. The van der Waals surface area contributed by atoms with Gasteiger partial charge in [-0.25, -0.2) is 0 Å². The maximum Gasteiger partial charge on any atom is 0.0886 e. The topological polar surface area (TPSA) is 6.48 Å². The predicted molar refractivity (Wildman–Crippen MR) is 88.0 cm³/mol. The van der Waals surface area contributed by atoms with Gasteiger partial charge in [-0.2, -0.15) is 0 Å². The van der Waals surface area contributed by atoms with Gasteiger partial charge >= 0.3 is 0 Å². The number of likely N-dealkylation sites (tertiary alicyclic amines) is 2. The summed E-state index contributed by atoms with van der Waals surface area (Å²) < 4.78 is 0. The number of rotatable bonds is 3. The first-order valence-corrected chi connectivity index (χ1v) is 8.43. The molecule has 2 saturated heterocycles. The zero-order valence-electron chi connectivity index (χ0n) is 12.9. The van der Waals surface area contributed by atoms with Gasteiger partial charge in [-0.3, -0.25) is 9.80 Å². The fourth-order valence-corrected chi connectivity index (χ4v) is 3.73. The van der Waals surface area contributed by atoms with E-state index in [1.54, 1.807) is 0 Å². The Morgan fingerprint density at radius 1 is 0.762 bits per heavy atom. The summed E-state index contributed by atoms with van der Waals surface area (Å²) in [5, 5.41) is 0. The SMILES string of the molecule is C#Cc1ccc(C(N2CCCCC2)N2CCCCC2)cc1. The summed E-state index contributed by atoms with van der Waals surface area (Å²) in [5.74, 6) is 2.72. The summed E-state index contributed by atoms with van der Waals surface area (Å²) >= 11 is 0. The molecule has 1 aromatic rings. The second-order valence-corrected chi connectivity index (χ2v) is 6.33. The third-order valence-electron chi connectivity index (χ3n) is 4.85. The van der Waals surface area contributed by atoms with Crippen LogP contribution in [0.5, 0.6) is 0 Å². The highest BCUT2D eigenvalue weighted by molar-refractivity contribution is 5.35. The largest absolute Gasteiger partial charge is 0.284 e. The minimum absolute atomic E-state index is 0.456. The van der Waals surface area contributed by atoms with Crippen LogP contribution < -0.4 is 0 Å². The average Bonchev–Trinajstić information content (AvgIpc) is 2.58. The lowest BCUT2D eigenvalue weighted by Crippen LogP contribution is -2.45. The van der Waals surface area contributed by atoms with E-state index in [-0.39, 0.29) is 0 Å². The van der Waals surface area contributed by atoms with Crippen molar-refractivity contribution in [2.45, 2.75) is 44.7 Å². The quantitative estimate of drug-likeness (QED) is 0.781. The van der Waals surface area contributed by atoms with Gasteiger partial charge in [-0.05, 0) is 69.6 Å². The molecule has 0 aromatic heterocycles. The van der Waals surface area contributed by atoms with Crippen LogP contribution in [-0.2, 0) is 0 Å². The van der Waals surface area contributed by atoms with Crippen molar-refractivity contribution < 1.29 is 0 Å². The van der Waals surface area contributed by atoms with Gasteiger partial charge in [-0.15, -0.1) is 6.42 Å². The molecule has 21 heavy (non-hydrogen) atoms. The van der Waals surface area contributed by atoms with Gasteiger partial charge in [0.2, 0.25) is 0 Å². The predicted octanol–water partition coefficient (Wildman–Crippen LogP) is 3.64. The normalized spacial score (nSPS) is 21.3. The van der Waals surface area contributed by atoms with Gasteiger partial charge in [0.1, 0.15) is 0 Å². The minimum atomic E-state index is 0.456. The molecule has 0 atom stereocenters. The molecule has 0 N–H and O–H groups in total. The highest BCUT2D eigenvalue weighted by atomic mass is 15.4. The zero-order valence-corrected chi connectivity index (χ0v) is 12.9. The van der Waals surface area contributed by atoms with Crippen LogP contribution in [0.4, 0.5) is 0 Å². The number of benzene rings is 1. The van der Waals surface area contributed by atoms with E-state index < -0.39 is 0 Å². The summed E-state index contributed by atoms with van der Waals surface area (Å²) in [6.45, 7) is 4.94. The molecular weight excluding hydrogens is 256 g/mol. The van der Waals surface area contributed by atoms with Crippen LogP contribution >= 0.6 is 0 Å². The van der Waals surface area contributed by atoms with E-state index in [1.807, 2.05) is 0 Å². The molecule has 0 radical (unpaired) electrons. The van der Waals surface area contributed by atoms with E-state index in [0.29, 0.717) is 6.17 Å². The van der Waals surface area contributed by atoms with Gasteiger partial charge in [0, 0.05) is 5.56 Å². The molecule has 0 saturated carbocycles. The number of hydrogen-bond donors (Lipinski definition) is 0. The van der Waals surface area contributed by atoms with Crippen molar-refractivity contribution in [1.82, 2.24) is 9.80 Å². The molecule has 2 aliphatic heterocycles. The molecule has 2 heteroatoms. The van der Waals surface area contributed by atoms with Gasteiger partial charge in [0.25, 0.3) is 0 Å². The Morgan fingerprint density at radius 3 is 1.67 bits per heavy atom. The maximum absolute atomic E-state index is 5.49. The first-order valence-electron chi connectivity index (χ1n) is 8.43. The standard InChI is InChI=1S/C19H26N2/c1-2-17-9-11-18(12-10-17)19(20-13-5-3-6-14-20)21-15-7-4-8-16-21/h1,9-12,19H,3-8,13-16H2. The van der Waals surface area contributed by atoms with E-state index in [2.05, 4.69) is 40.0 Å². The molecule has 2 fully saturated rings. The van der Waals surface area contributed by atoms with Gasteiger partial charge in [-0.1, -0.05) is 30.9 Å². The fraction of sp³-hybridized carbons (Fsp3) is 0.579. The average molecular weight is 282 g/mol. The first kappa shape index (κ1) is 14.6. The van der Waals surface area contributed by atoms with Crippen molar-refractivity contribution in [2.24, 2.45) is 0 Å². The Labute approximate surface area is 129 Å². The van der Waals surface area contributed by atoms with Crippen LogP contribution in [0.15, 0.2) is 24.3 Å². The lowest BCUT2D eigenvalue weighted by molar-refractivity contribution is 0.0156. The Hall–Kier alpha value is -1.30. The zero-order chi connectivity index (χ0) is 14.5. The Morgan fingerprint density at radius 2 is 1.24 bits per heavy atom. The maximum atomic E-state index is 5.49. The lowest BCUT2D eigenvalue weighted by atomic mass is 10.0. The Bertz CT molecular complexity index is 455. The van der Waals surface area contributed by atoms with E-state index in [4.69, 9.17) is 6.42 Å². The van der Waals surface area contributed by atoms with E-state index in [9.17, 15) is 0 Å². The molecule has 0 bridgehead atoms. The molecule has 2 nitrogen and oxygen atoms in total. The van der Waals surface area contributed by atoms with E-state index >= 15 is 0 Å². The molecule has 0 aliphatic carbocycles. The van der Waals surface area contributed by atoms with Crippen molar-refractivity contribution in [3.8, 4) is 12.3 Å². The smallest absolute Gasteiger partial charge is 0.0886 e. The van der Waals surface area contributed by atoms with Crippen molar-refractivity contribution in [1.29, 1.82) is 0 Å². The molecule has 1 aromatic carbocycles. The third-order valence-corrected chi connectivity index (χ3v) is 4.85. The summed E-state index contributed by atoms with van der Waals surface area (Å²) in [7, 11) is 0. The number of piperidine rings is 2. The molecule has 112 valence electrons. The van der Waals surface area contributed by atoms with Crippen molar-refractivity contribution in [3.63, 3.8) is 0 Å². The summed E-state index contributed by atoms with van der Waals surface area (Å²) in [6.07, 6.45) is 14.1. The highest BCUT2D eigenvalue weighted by Crippen LogP contribution is 2.30. The minimum Gasteiger partial charge on any atom is -0.284 e. The molecular formula is C19H26N2. The highest BCUT2D eigenvalue weighted by Gasteiger charge is 2.28. The van der Waals surface area contributed by atoms with Gasteiger partial charge in [0.15, 0.2) is 0 Å². The molecule has 0 spiro atoms. The number of terminal acetylenes is 1. The second kappa shape index (κ2) is 7.11. The van der Waals surface area contributed by atoms with Crippen LogP contribution in [0.3, 0.4) is 0 Å². The van der Waals surface area contributed by atoms with Crippen LogP contribution in [0.1, 0.15) is 55.8 Å². The monoisotopic (exact) mass is 282 g/mol. The van der Waals surface area contributed by atoms with Crippen LogP contribution in [0.2, 0.25) is 0 Å². The van der Waals surface area contributed by atoms with Gasteiger partial charge in [0.05, 0.1) is 6.17 Å². The fourth-order valence-electron chi connectivity index (χ4n) is 3.73. The number of hydrogen-bond acceptors (Lipinski definition) is 2. The lowest BCUT2D eigenvalue weighted by Gasteiger charge is -2.43. The molecule has 0 amide bonds. The van der Waals surface area contributed by atoms with Crippen molar-refractivity contribution in [2.75, 3.05) is 26.2 Å². The van der Waals surface area contributed by atoms with E-state index in [1.165, 1.54) is 70.3 Å².